The zero-order valence-electron chi connectivity index (χ0n) is 17.1. The van der Waals surface area contributed by atoms with Crippen LogP contribution < -0.4 is 21.2 Å². The van der Waals surface area contributed by atoms with Gasteiger partial charge >= 0.3 is 0 Å². The average Bonchev–Trinajstić information content (AvgIpc) is 2.89. The molecule has 0 heterocycles. The summed E-state index contributed by atoms with van der Waals surface area (Å²) in [5.74, 6) is 0. The van der Waals surface area contributed by atoms with Crippen LogP contribution in [-0.4, -0.2) is 11.0 Å². The first-order chi connectivity index (χ1) is 15.5. The summed E-state index contributed by atoms with van der Waals surface area (Å²) in [7, 11) is -8.14. The van der Waals surface area contributed by atoms with Crippen LogP contribution in [0, 0.1) is 0 Å². The molecular formula is C26H20O4P2. The van der Waals surface area contributed by atoms with Gasteiger partial charge in [-0.05, 0) is 0 Å². The quantitative estimate of drug-likeness (QED) is 0.309. The maximum Gasteiger partial charge on any atom is 0.273 e. The molecule has 0 aromatic heterocycles. The van der Waals surface area contributed by atoms with Gasteiger partial charge in [-0.3, -0.25) is 9.59 Å². The molecule has 4 aromatic carbocycles. The van der Waals surface area contributed by atoms with Crippen molar-refractivity contribution in [3.63, 3.8) is 0 Å². The number of carbonyl (C=O) groups is 2. The van der Waals surface area contributed by atoms with E-state index in [1.165, 1.54) is 0 Å². The van der Waals surface area contributed by atoms with Gasteiger partial charge in [0.2, 0.25) is 14.3 Å². The lowest BCUT2D eigenvalue weighted by Crippen LogP contribution is -2.32. The van der Waals surface area contributed by atoms with Crippen LogP contribution in [0.15, 0.2) is 121 Å². The molecule has 0 bridgehead atoms. The van der Waals surface area contributed by atoms with Crippen LogP contribution in [0.3, 0.4) is 0 Å². The minimum atomic E-state index is -4.07. The summed E-state index contributed by atoms with van der Waals surface area (Å²) >= 11 is 0. The molecule has 4 nitrogen and oxygen atoms in total. The molecule has 0 aliphatic heterocycles. The smallest absolute Gasteiger partial charge is 0.273 e. The summed E-state index contributed by atoms with van der Waals surface area (Å²) in [5.41, 5.74) is -2.27. The summed E-state index contributed by atoms with van der Waals surface area (Å²) in [6, 6.07) is 32.8. The summed E-state index contributed by atoms with van der Waals surface area (Å²) < 4.78 is 28.8. The fourth-order valence-electron chi connectivity index (χ4n) is 3.59. The van der Waals surface area contributed by atoms with Crippen LogP contribution >= 0.6 is 14.3 Å². The first-order valence-corrected chi connectivity index (χ1v) is 13.4. The lowest BCUT2D eigenvalue weighted by atomic mass is 10.4. The zero-order chi connectivity index (χ0) is 22.6. The normalized spacial score (nSPS) is 11.6. The van der Waals surface area contributed by atoms with Crippen molar-refractivity contribution in [3.05, 3.63) is 121 Å². The van der Waals surface area contributed by atoms with E-state index in [4.69, 9.17) is 0 Å². The van der Waals surface area contributed by atoms with Crippen LogP contribution in [0.25, 0.3) is 0 Å². The molecule has 4 aromatic rings. The van der Waals surface area contributed by atoms with E-state index >= 15 is 0 Å². The summed E-state index contributed by atoms with van der Waals surface area (Å²) in [4.78, 5) is 27.5. The Hall–Kier alpha value is -3.32. The highest BCUT2D eigenvalue weighted by Gasteiger charge is 2.48. The second-order valence-corrected chi connectivity index (χ2v) is 12.5. The van der Waals surface area contributed by atoms with E-state index in [1.807, 2.05) is 0 Å². The first kappa shape index (κ1) is 21.9. The van der Waals surface area contributed by atoms with E-state index in [2.05, 4.69) is 0 Å². The molecule has 0 aliphatic rings. The van der Waals surface area contributed by atoms with Gasteiger partial charge in [0, 0.05) is 21.2 Å². The molecule has 0 N–H and O–H groups in total. The topological polar surface area (TPSA) is 68.3 Å². The van der Waals surface area contributed by atoms with E-state index in [-0.39, 0.29) is 21.2 Å². The van der Waals surface area contributed by atoms with Gasteiger partial charge in [-0.1, -0.05) is 121 Å². The van der Waals surface area contributed by atoms with E-state index in [0.717, 1.165) is 0 Å². The average molecular weight is 458 g/mol. The van der Waals surface area contributed by atoms with Crippen LogP contribution in [0.2, 0.25) is 0 Å². The van der Waals surface area contributed by atoms with Crippen LogP contribution in [0.1, 0.15) is 0 Å². The largest absolute Gasteiger partial charge is 0.305 e. The maximum atomic E-state index is 14.4. The third kappa shape index (κ3) is 3.73. The van der Waals surface area contributed by atoms with Crippen LogP contribution in [0.4, 0.5) is 0 Å². The van der Waals surface area contributed by atoms with E-state index in [9.17, 15) is 18.7 Å². The Morgan fingerprint density at radius 2 is 0.562 bits per heavy atom. The Bertz CT molecular complexity index is 1140. The number of rotatable bonds is 7. The van der Waals surface area contributed by atoms with Crippen molar-refractivity contribution in [1.82, 2.24) is 0 Å². The van der Waals surface area contributed by atoms with Gasteiger partial charge in [0.15, 0.2) is 0 Å². The number of carbonyl (C=O) groups excluding carboxylic acids is 2. The highest BCUT2D eigenvalue weighted by Crippen LogP contribution is 2.53. The van der Waals surface area contributed by atoms with Gasteiger partial charge in [0.05, 0.1) is 0 Å². The third-order valence-electron chi connectivity index (χ3n) is 5.23. The first-order valence-electron chi connectivity index (χ1n) is 10.0. The van der Waals surface area contributed by atoms with Crippen molar-refractivity contribution >= 4 is 46.6 Å². The Morgan fingerprint density at radius 3 is 0.750 bits per heavy atom. The molecule has 158 valence electrons. The van der Waals surface area contributed by atoms with Gasteiger partial charge in [-0.15, -0.1) is 0 Å². The summed E-state index contributed by atoms with van der Waals surface area (Å²) in [6.07, 6.45) is 0. The number of hydrogen-bond donors (Lipinski definition) is 0. The van der Waals surface area contributed by atoms with Crippen molar-refractivity contribution in [3.8, 4) is 0 Å². The highest BCUT2D eigenvalue weighted by molar-refractivity contribution is 8.04. The Balaban J connectivity index is 1.93. The van der Waals surface area contributed by atoms with Gasteiger partial charge in [0.25, 0.3) is 11.0 Å². The maximum absolute atomic E-state index is 14.4. The highest BCUT2D eigenvalue weighted by atomic mass is 31.2. The van der Waals surface area contributed by atoms with Gasteiger partial charge in [0.1, 0.15) is 0 Å². The van der Waals surface area contributed by atoms with Crippen molar-refractivity contribution in [2.45, 2.75) is 0 Å². The molecule has 0 radical (unpaired) electrons. The van der Waals surface area contributed by atoms with Gasteiger partial charge in [-0.25, -0.2) is 0 Å². The molecule has 0 saturated carbocycles. The minimum absolute atomic E-state index is 0.234. The molecule has 0 spiro atoms. The Kier molecular flexibility index (Phi) is 6.19. The molecule has 0 atom stereocenters. The van der Waals surface area contributed by atoms with Crippen molar-refractivity contribution < 1.29 is 18.7 Å². The fraction of sp³-hybridized carbons (Fsp3) is 0. The summed E-state index contributed by atoms with van der Waals surface area (Å²) in [5, 5.41) is 0.934. The molecule has 0 aliphatic carbocycles. The zero-order valence-corrected chi connectivity index (χ0v) is 18.9. The van der Waals surface area contributed by atoms with Crippen molar-refractivity contribution in [1.29, 1.82) is 0 Å². The SMILES string of the molecule is O=C(C(=O)P(=O)(c1ccccc1)c1ccccc1)P(=O)(c1ccccc1)c1ccccc1. The Morgan fingerprint density at radius 1 is 0.375 bits per heavy atom. The minimum Gasteiger partial charge on any atom is -0.305 e. The van der Waals surface area contributed by atoms with E-state index < -0.39 is 25.3 Å². The van der Waals surface area contributed by atoms with E-state index in [0.29, 0.717) is 0 Å². The fourth-order valence-corrected chi connectivity index (χ4v) is 8.87. The monoisotopic (exact) mass is 458 g/mol. The second kappa shape index (κ2) is 9.04. The predicted octanol–water partition coefficient (Wildman–Crippen LogP) is 4.07. The lowest BCUT2D eigenvalue weighted by Gasteiger charge is -2.22. The molecular weight excluding hydrogens is 438 g/mol. The van der Waals surface area contributed by atoms with Gasteiger partial charge < -0.3 is 9.13 Å². The van der Waals surface area contributed by atoms with Crippen molar-refractivity contribution in [2.75, 3.05) is 0 Å². The molecule has 6 heteroatoms. The molecule has 32 heavy (non-hydrogen) atoms. The molecule has 0 amide bonds. The standard InChI is InChI=1S/C26H20O4P2/c27-25(31(29,21-13-5-1-6-14-21)22-15-7-2-8-16-22)26(28)32(30,23-17-9-3-10-18-23)24-19-11-4-12-20-24/h1-20H. The van der Waals surface area contributed by atoms with Crippen LogP contribution in [-0.2, 0) is 18.7 Å². The Labute approximate surface area is 186 Å². The van der Waals surface area contributed by atoms with E-state index in [1.54, 1.807) is 121 Å². The number of hydrogen-bond acceptors (Lipinski definition) is 4. The molecule has 0 saturated heterocycles. The molecule has 0 unspecified atom stereocenters. The summed E-state index contributed by atoms with van der Waals surface area (Å²) in [6.45, 7) is 0. The molecule has 0 fully saturated rings. The lowest BCUT2D eigenvalue weighted by molar-refractivity contribution is -0.127. The second-order valence-electron chi connectivity index (χ2n) is 7.17. The van der Waals surface area contributed by atoms with Crippen molar-refractivity contribution in [2.24, 2.45) is 0 Å². The predicted molar refractivity (Wildman–Crippen MR) is 130 cm³/mol. The molecule has 4 rings (SSSR count). The van der Waals surface area contributed by atoms with Crippen LogP contribution in [0.5, 0.6) is 0 Å². The van der Waals surface area contributed by atoms with Gasteiger partial charge in [-0.2, -0.15) is 0 Å². The third-order valence-corrected chi connectivity index (χ3v) is 11.1. The number of benzene rings is 4.